The summed E-state index contributed by atoms with van der Waals surface area (Å²) in [6, 6.07) is 3.56. The van der Waals surface area contributed by atoms with E-state index < -0.39 is 0 Å². The van der Waals surface area contributed by atoms with E-state index in [4.69, 9.17) is 0 Å². The summed E-state index contributed by atoms with van der Waals surface area (Å²) in [6.45, 7) is 8.96. The highest BCUT2D eigenvalue weighted by Gasteiger charge is 2.17. The quantitative estimate of drug-likeness (QED) is 0.881. The average molecular weight is 332 g/mol. The van der Waals surface area contributed by atoms with Crippen LogP contribution < -0.4 is 10.6 Å². The summed E-state index contributed by atoms with van der Waals surface area (Å²) >= 11 is 1.65. The van der Waals surface area contributed by atoms with E-state index in [1.54, 1.807) is 23.7 Å². The van der Waals surface area contributed by atoms with Crippen molar-refractivity contribution in [1.82, 2.24) is 20.6 Å². The third-order valence-corrected chi connectivity index (χ3v) is 4.39. The molecule has 1 atom stereocenters. The lowest BCUT2D eigenvalue weighted by atomic mass is 9.93. The van der Waals surface area contributed by atoms with Gasteiger partial charge in [0.05, 0.1) is 16.7 Å². The largest absolute Gasteiger partial charge is 0.338 e. The molecule has 6 heteroatoms. The number of carbonyl (C=O) groups excluding carboxylic acids is 1. The number of amides is 2. The Morgan fingerprint density at radius 2 is 2.17 bits per heavy atom. The van der Waals surface area contributed by atoms with Crippen LogP contribution in [0.3, 0.4) is 0 Å². The van der Waals surface area contributed by atoms with Gasteiger partial charge in [-0.2, -0.15) is 0 Å². The van der Waals surface area contributed by atoms with Gasteiger partial charge in [-0.1, -0.05) is 26.8 Å². The summed E-state index contributed by atoms with van der Waals surface area (Å²) in [5.74, 6) is 0. The molecule has 2 amide bonds. The molecule has 0 fully saturated rings. The third-order valence-electron chi connectivity index (χ3n) is 3.48. The second-order valence-corrected chi connectivity index (χ2v) is 7.48. The predicted molar refractivity (Wildman–Crippen MR) is 93.7 cm³/mol. The monoisotopic (exact) mass is 332 g/mol. The van der Waals surface area contributed by atoms with Crippen molar-refractivity contribution in [3.05, 3.63) is 46.2 Å². The molecule has 2 heterocycles. The van der Waals surface area contributed by atoms with Crippen molar-refractivity contribution in [2.24, 2.45) is 0 Å². The summed E-state index contributed by atoms with van der Waals surface area (Å²) in [7, 11) is 0. The highest BCUT2D eigenvalue weighted by molar-refractivity contribution is 7.09. The van der Waals surface area contributed by atoms with E-state index in [2.05, 4.69) is 46.8 Å². The fraction of sp³-hybridized carbons (Fsp3) is 0.471. The molecule has 0 aliphatic heterocycles. The van der Waals surface area contributed by atoms with E-state index in [0.717, 1.165) is 22.7 Å². The SMILES string of the molecule is CC(NC(=O)NCCc1nc(C(C)(C)C)cs1)c1cccnc1. The van der Waals surface area contributed by atoms with Crippen molar-refractivity contribution in [1.29, 1.82) is 0 Å². The molecule has 0 spiro atoms. The van der Waals surface area contributed by atoms with Crippen LogP contribution in [0.4, 0.5) is 4.79 Å². The maximum Gasteiger partial charge on any atom is 0.315 e. The molecule has 0 saturated carbocycles. The van der Waals surface area contributed by atoms with Crippen molar-refractivity contribution in [2.75, 3.05) is 6.54 Å². The number of urea groups is 1. The van der Waals surface area contributed by atoms with Crippen LogP contribution in [0, 0.1) is 0 Å². The molecule has 0 aromatic carbocycles. The second-order valence-electron chi connectivity index (χ2n) is 6.53. The first-order valence-corrected chi connectivity index (χ1v) is 8.63. The molecule has 2 rings (SSSR count). The molecule has 2 aromatic heterocycles. The number of pyridine rings is 1. The Balaban J connectivity index is 1.76. The smallest absolute Gasteiger partial charge is 0.315 e. The molecule has 0 bridgehead atoms. The zero-order valence-corrected chi connectivity index (χ0v) is 14.9. The lowest BCUT2D eigenvalue weighted by molar-refractivity contribution is 0.238. The molecule has 0 aliphatic carbocycles. The summed E-state index contributed by atoms with van der Waals surface area (Å²) in [4.78, 5) is 20.6. The molecular weight excluding hydrogens is 308 g/mol. The van der Waals surface area contributed by atoms with Crippen LogP contribution in [0.25, 0.3) is 0 Å². The summed E-state index contributed by atoms with van der Waals surface area (Å²) in [6.07, 6.45) is 4.22. The van der Waals surface area contributed by atoms with E-state index in [1.807, 2.05) is 19.1 Å². The minimum Gasteiger partial charge on any atom is -0.338 e. The predicted octanol–water partition coefficient (Wildman–Crippen LogP) is 3.44. The van der Waals surface area contributed by atoms with Gasteiger partial charge in [-0.3, -0.25) is 4.98 Å². The molecule has 0 radical (unpaired) electrons. The Bertz CT molecular complexity index is 634. The first kappa shape index (κ1) is 17.4. The van der Waals surface area contributed by atoms with Gasteiger partial charge in [-0.25, -0.2) is 9.78 Å². The van der Waals surface area contributed by atoms with Gasteiger partial charge >= 0.3 is 6.03 Å². The topological polar surface area (TPSA) is 66.9 Å². The minimum absolute atomic E-state index is 0.0682. The van der Waals surface area contributed by atoms with E-state index in [9.17, 15) is 4.79 Å². The molecule has 0 saturated heterocycles. The Kier molecular flexibility index (Phi) is 5.71. The second kappa shape index (κ2) is 7.55. The van der Waals surface area contributed by atoms with Gasteiger partial charge in [-0.05, 0) is 18.6 Å². The molecule has 2 N–H and O–H groups in total. The lowest BCUT2D eigenvalue weighted by Gasteiger charge is -2.15. The Labute approximate surface area is 141 Å². The van der Waals surface area contributed by atoms with Gasteiger partial charge in [0, 0.05) is 36.2 Å². The Morgan fingerprint density at radius 3 is 2.78 bits per heavy atom. The Morgan fingerprint density at radius 1 is 1.39 bits per heavy atom. The van der Waals surface area contributed by atoms with Gasteiger partial charge in [0.2, 0.25) is 0 Å². The number of thiazole rings is 1. The Hall–Kier alpha value is -1.95. The van der Waals surface area contributed by atoms with Crippen LogP contribution in [0.1, 0.15) is 50.0 Å². The lowest BCUT2D eigenvalue weighted by Crippen LogP contribution is -2.38. The van der Waals surface area contributed by atoms with E-state index >= 15 is 0 Å². The van der Waals surface area contributed by atoms with Crippen molar-refractivity contribution in [3.8, 4) is 0 Å². The van der Waals surface area contributed by atoms with Crippen LogP contribution in [0.15, 0.2) is 29.9 Å². The number of aromatic nitrogens is 2. The summed E-state index contributed by atoms with van der Waals surface area (Å²) in [5, 5.41) is 8.93. The van der Waals surface area contributed by atoms with Crippen LogP contribution in [0.2, 0.25) is 0 Å². The van der Waals surface area contributed by atoms with Crippen LogP contribution in [-0.2, 0) is 11.8 Å². The van der Waals surface area contributed by atoms with Gasteiger partial charge in [-0.15, -0.1) is 11.3 Å². The van der Waals surface area contributed by atoms with Crippen LogP contribution in [0.5, 0.6) is 0 Å². The number of hydrogen-bond donors (Lipinski definition) is 2. The minimum atomic E-state index is -0.172. The normalized spacial score (nSPS) is 12.7. The number of rotatable bonds is 5. The van der Waals surface area contributed by atoms with Gasteiger partial charge in [0.25, 0.3) is 0 Å². The zero-order chi connectivity index (χ0) is 16.9. The number of nitrogens with one attached hydrogen (secondary N) is 2. The van der Waals surface area contributed by atoms with Gasteiger partial charge < -0.3 is 10.6 Å². The molecule has 1 unspecified atom stereocenters. The molecule has 2 aromatic rings. The van der Waals surface area contributed by atoms with Crippen molar-refractivity contribution < 1.29 is 4.79 Å². The highest BCUT2D eigenvalue weighted by Crippen LogP contribution is 2.23. The van der Waals surface area contributed by atoms with E-state index in [0.29, 0.717) is 6.54 Å². The molecule has 23 heavy (non-hydrogen) atoms. The van der Waals surface area contributed by atoms with Crippen LogP contribution >= 0.6 is 11.3 Å². The third kappa shape index (κ3) is 5.32. The number of hydrogen-bond acceptors (Lipinski definition) is 4. The maximum atomic E-state index is 11.9. The number of carbonyl (C=O) groups is 1. The average Bonchev–Trinajstić information content (AvgIpc) is 2.97. The standard InChI is InChI=1S/C17H24N4OS/c1-12(13-6-5-8-18-10-13)20-16(22)19-9-7-15-21-14(11-23-15)17(2,3)4/h5-6,8,10-12H,7,9H2,1-4H3,(H2,19,20,22). The first-order chi connectivity index (χ1) is 10.9. The van der Waals surface area contributed by atoms with E-state index in [1.165, 1.54) is 0 Å². The fourth-order valence-electron chi connectivity index (χ4n) is 2.02. The zero-order valence-electron chi connectivity index (χ0n) is 14.1. The van der Waals surface area contributed by atoms with Crippen LogP contribution in [-0.4, -0.2) is 22.5 Å². The van der Waals surface area contributed by atoms with Crippen molar-refractivity contribution in [2.45, 2.75) is 45.6 Å². The first-order valence-electron chi connectivity index (χ1n) is 7.75. The summed E-state index contributed by atoms with van der Waals surface area (Å²) < 4.78 is 0. The molecule has 124 valence electrons. The molecule has 0 aliphatic rings. The highest BCUT2D eigenvalue weighted by atomic mass is 32.1. The fourth-order valence-corrected chi connectivity index (χ4v) is 3.04. The molecule has 5 nitrogen and oxygen atoms in total. The van der Waals surface area contributed by atoms with Gasteiger partial charge in [0.15, 0.2) is 0 Å². The van der Waals surface area contributed by atoms with Gasteiger partial charge in [0.1, 0.15) is 0 Å². The number of nitrogens with zero attached hydrogens (tertiary/aromatic N) is 2. The van der Waals surface area contributed by atoms with Crippen molar-refractivity contribution in [3.63, 3.8) is 0 Å². The maximum absolute atomic E-state index is 11.9. The summed E-state index contributed by atoms with van der Waals surface area (Å²) in [5.41, 5.74) is 2.16. The van der Waals surface area contributed by atoms with E-state index in [-0.39, 0.29) is 17.5 Å². The van der Waals surface area contributed by atoms with Crippen molar-refractivity contribution >= 4 is 17.4 Å². The molecular formula is C17H24N4OS.